The zero-order valence-electron chi connectivity index (χ0n) is 8.59. The summed E-state index contributed by atoms with van der Waals surface area (Å²) in [5.41, 5.74) is 2.58. The molecular formula is C11H9IN3O+. The van der Waals surface area contributed by atoms with Gasteiger partial charge in [0.15, 0.2) is 0 Å². The predicted octanol–water partition coefficient (Wildman–Crippen LogP) is 2.96. The highest BCUT2D eigenvalue weighted by molar-refractivity contribution is 14.1. The first-order chi connectivity index (χ1) is 7.70. The lowest BCUT2D eigenvalue weighted by atomic mass is 10.1. The van der Waals surface area contributed by atoms with Crippen LogP contribution in [0.1, 0.15) is 18.7 Å². The summed E-state index contributed by atoms with van der Waals surface area (Å²) >= 11 is 2.16. The Morgan fingerprint density at radius 2 is 2.19 bits per heavy atom. The molecule has 1 aliphatic heterocycles. The predicted molar refractivity (Wildman–Crippen MR) is 68.0 cm³/mol. The van der Waals surface area contributed by atoms with Gasteiger partial charge in [0.2, 0.25) is 6.04 Å². The minimum absolute atomic E-state index is 0.190. The first-order valence-corrected chi connectivity index (χ1v) is 6.06. The normalized spacial score (nSPS) is 18.1. The summed E-state index contributed by atoms with van der Waals surface area (Å²) in [6.45, 7) is 1.90. The zero-order valence-corrected chi connectivity index (χ0v) is 10.7. The number of hydrogen-bond acceptors (Lipinski definition) is 2. The second kappa shape index (κ2) is 3.38. The van der Waals surface area contributed by atoms with E-state index < -0.39 is 0 Å². The summed E-state index contributed by atoms with van der Waals surface area (Å²) in [5.74, 6) is 0. The molecule has 0 amide bonds. The number of halogens is 1. The third-order valence-electron chi connectivity index (χ3n) is 2.88. The monoisotopic (exact) mass is 326 g/mol. The van der Waals surface area contributed by atoms with E-state index in [1.165, 1.54) is 0 Å². The lowest BCUT2D eigenvalue weighted by Crippen LogP contribution is -2.20. The van der Waals surface area contributed by atoms with E-state index in [4.69, 9.17) is 0 Å². The average Bonchev–Trinajstić information content (AvgIpc) is 2.69. The quantitative estimate of drug-likeness (QED) is 0.551. The van der Waals surface area contributed by atoms with Crippen molar-refractivity contribution in [3.63, 3.8) is 0 Å². The fourth-order valence-electron chi connectivity index (χ4n) is 2.08. The molecule has 4 nitrogen and oxygen atoms in total. The minimum Gasteiger partial charge on any atom is -0.290 e. The van der Waals surface area contributed by atoms with Crippen molar-refractivity contribution in [2.45, 2.75) is 13.0 Å². The number of hydrogen-bond donors (Lipinski definition) is 0. The van der Waals surface area contributed by atoms with Crippen LogP contribution in [0.4, 0.5) is 5.69 Å². The van der Waals surface area contributed by atoms with E-state index in [0.717, 1.165) is 19.8 Å². The molecule has 1 unspecified atom stereocenters. The van der Waals surface area contributed by atoms with Crippen LogP contribution in [0.3, 0.4) is 0 Å². The van der Waals surface area contributed by atoms with Crippen molar-refractivity contribution in [2.24, 2.45) is 0 Å². The molecule has 1 atom stereocenters. The molecule has 0 aliphatic carbocycles. The van der Waals surface area contributed by atoms with Crippen molar-refractivity contribution in [3.05, 3.63) is 44.9 Å². The maximum atomic E-state index is 12.1. The van der Waals surface area contributed by atoms with Gasteiger partial charge in [-0.15, -0.1) is 0 Å². The van der Waals surface area contributed by atoms with Gasteiger partial charge < -0.3 is 0 Å². The second-order valence-corrected chi connectivity index (χ2v) is 4.80. The molecule has 3 rings (SSSR count). The van der Waals surface area contributed by atoms with Gasteiger partial charge in [-0.05, 0) is 28.7 Å². The third kappa shape index (κ3) is 1.17. The van der Waals surface area contributed by atoms with Crippen molar-refractivity contribution in [2.75, 3.05) is 0 Å². The van der Waals surface area contributed by atoms with E-state index in [9.17, 15) is 4.91 Å². The Morgan fingerprint density at radius 1 is 1.44 bits per heavy atom. The number of para-hydroxylation sites is 2. The van der Waals surface area contributed by atoms with Gasteiger partial charge in [0.05, 0.1) is 0 Å². The number of imidazole rings is 1. The summed E-state index contributed by atoms with van der Waals surface area (Å²) in [7, 11) is 0. The maximum Gasteiger partial charge on any atom is 0.280 e. The number of nitroso groups, excluding NO2 is 1. The summed E-state index contributed by atoms with van der Waals surface area (Å²) in [5, 5.41) is 0. The Labute approximate surface area is 106 Å². The highest BCUT2D eigenvalue weighted by atomic mass is 127. The summed E-state index contributed by atoms with van der Waals surface area (Å²) in [6, 6.07) is 7.40. The van der Waals surface area contributed by atoms with Crippen molar-refractivity contribution < 1.29 is 4.76 Å². The Morgan fingerprint density at radius 3 is 3.00 bits per heavy atom. The highest BCUT2D eigenvalue weighted by Crippen LogP contribution is 2.37. The first kappa shape index (κ1) is 9.95. The zero-order chi connectivity index (χ0) is 11.3. The van der Waals surface area contributed by atoms with Crippen LogP contribution >= 0.6 is 22.6 Å². The van der Waals surface area contributed by atoms with Gasteiger partial charge in [0.1, 0.15) is 21.4 Å². The van der Waals surface area contributed by atoms with E-state index >= 15 is 0 Å². The van der Waals surface area contributed by atoms with Crippen LogP contribution in [0.5, 0.6) is 0 Å². The lowest BCUT2D eigenvalue weighted by Gasteiger charge is -2.16. The maximum absolute atomic E-state index is 12.1. The van der Waals surface area contributed by atoms with Crippen LogP contribution in [0.2, 0.25) is 0 Å². The van der Waals surface area contributed by atoms with E-state index in [0.29, 0.717) is 5.69 Å². The molecular weight excluding hydrogens is 317 g/mol. The molecule has 0 bridgehead atoms. The highest BCUT2D eigenvalue weighted by Gasteiger charge is 2.38. The minimum atomic E-state index is -0.190. The van der Waals surface area contributed by atoms with Crippen molar-refractivity contribution in [1.29, 1.82) is 0 Å². The molecule has 1 aromatic heterocycles. The van der Waals surface area contributed by atoms with Gasteiger partial charge in [-0.3, -0.25) is 4.57 Å². The van der Waals surface area contributed by atoms with Gasteiger partial charge in [0, 0.05) is 22.7 Å². The molecule has 16 heavy (non-hydrogen) atoms. The molecule has 0 spiro atoms. The van der Waals surface area contributed by atoms with Crippen molar-refractivity contribution in [1.82, 2.24) is 9.55 Å². The van der Waals surface area contributed by atoms with Gasteiger partial charge in [-0.1, -0.05) is 12.1 Å². The third-order valence-corrected chi connectivity index (χ3v) is 3.71. The van der Waals surface area contributed by atoms with E-state index in [-0.39, 0.29) is 6.04 Å². The van der Waals surface area contributed by atoms with E-state index in [1.54, 1.807) is 6.33 Å². The van der Waals surface area contributed by atoms with E-state index in [2.05, 4.69) is 27.6 Å². The van der Waals surface area contributed by atoms with Gasteiger partial charge in [-0.2, -0.15) is 0 Å². The number of fused-ring (bicyclic) bond motifs is 3. The van der Waals surface area contributed by atoms with Gasteiger partial charge in [0.25, 0.3) is 5.69 Å². The van der Waals surface area contributed by atoms with Crippen LogP contribution < -0.4 is 0 Å². The van der Waals surface area contributed by atoms with Crippen LogP contribution in [0, 0.1) is 8.61 Å². The number of rotatable bonds is 0. The number of benzene rings is 1. The Balaban J connectivity index is 2.38. The Hall–Kier alpha value is -1.24. The molecule has 0 N–H and O–H groups in total. The fraction of sp³-hybridized carbons (Fsp3) is 0.182. The van der Waals surface area contributed by atoms with Crippen LogP contribution in [0.15, 0.2) is 30.6 Å². The van der Waals surface area contributed by atoms with E-state index in [1.807, 2.05) is 35.8 Å². The Bertz CT molecular complexity index is 591. The number of aromatic nitrogens is 2. The fourth-order valence-corrected chi connectivity index (χ4v) is 2.91. The van der Waals surface area contributed by atoms with Crippen LogP contribution in [-0.2, 0) is 0 Å². The summed E-state index contributed by atoms with van der Waals surface area (Å²) < 4.78 is 3.94. The molecule has 0 fully saturated rings. The average molecular weight is 326 g/mol. The van der Waals surface area contributed by atoms with Crippen molar-refractivity contribution in [3.8, 4) is 5.69 Å². The van der Waals surface area contributed by atoms with Gasteiger partial charge >= 0.3 is 0 Å². The molecule has 1 aromatic carbocycles. The molecule has 2 heterocycles. The first-order valence-electron chi connectivity index (χ1n) is 4.98. The Kier molecular flexibility index (Phi) is 2.10. The second-order valence-electron chi connectivity index (χ2n) is 3.78. The van der Waals surface area contributed by atoms with Crippen LogP contribution in [-0.4, -0.2) is 14.3 Å². The SMILES string of the molecule is CC1c2c(I)ncn2-c2ccccc2[N+]1=O. The van der Waals surface area contributed by atoms with Gasteiger partial charge in [-0.25, -0.2) is 4.98 Å². The smallest absolute Gasteiger partial charge is 0.280 e. The molecule has 2 aromatic rings. The van der Waals surface area contributed by atoms with Crippen molar-refractivity contribution >= 4 is 28.3 Å². The molecule has 5 heteroatoms. The molecule has 1 aliphatic rings. The topological polar surface area (TPSA) is 37.9 Å². The standard InChI is InChI=1S/C11H9IN3O/c1-7-10-11(12)13-6-14(10)8-4-2-3-5-9(8)15(7)16/h2-7H,1H3/q+1. The molecule has 0 saturated carbocycles. The number of nitrogens with zero attached hydrogens (tertiary/aromatic N) is 3. The lowest BCUT2D eigenvalue weighted by molar-refractivity contribution is -0.512. The molecule has 80 valence electrons. The molecule has 0 saturated heterocycles. The summed E-state index contributed by atoms with van der Waals surface area (Å²) in [6.07, 6.45) is 1.78. The summed E-state index contributed by atoms with van der Waals surface area (Å²) in [4.78, 5) is 16.4. The van der Waals surface area contributed by atoms with Crippen LogP contribution in [0.25, 0.3) is 5.69 Å². The molecule has 0 radical (unpaired) electrons. The largest absolute Gasteiger partial charge is 0.290 e.